The standard InChI is InChI=1S/C89H114N10O17S3/c1-56-26-32-63(33-27-56)50-117-53-74(97-82(105)72(45-77(102)116-79-68-41-66-40-67(43-68)44-69(79)42-66)94-80(103)70(90)24-14-16-38-91-88(111)114-48-61-20-10-6-11-21-61)84(107)93-71(25-15-17-39-92-89(112)115-49-62-22-12-7-13-23-62)81(104)96-75(54-118-51-64-34-28-57(2)29-35-64)85(108)99-78(59(4)101)86(109)95-73(46-100)83(106)98-76(55-119-52-65-36-30-58(3)31-37-65)87(110)113-47-60-18-8-5-9-19-60/h5-13,18-23,26-37,59,66-76,78-79,100-101H,14-17,24-25,38-55,90H2,1-4H3,(H,91,111)(H,92,112)(H,93,107)(H,94,103)(H,95,109)(H,96,104)(H,97,105)(H,98,106)(H,99,108)/t59-,66?,67?,68?,69?,70+,71+,72+,73+,74+,75+,76+,78+,79?/m1/s1. The second kappa shape index (κ2) is 48.9. The summed E-state index contributed by atoms with van der Waals surface area (Å²) in [6.07, 6.45) is 2.00. The molecular formula is C89H114N10O17S3. The molecule has 9 atom stereocenters. The Morgan fingerprint density at radius 3 is 1.23 bits per heavy atom. The second-order valence-corrected chi connectivity index (χ2v) is 34.1. The molecule has 4 bridgehead atoms. The smallest absolute Gasteiger partial charge is 0.407 e. The van der Waals surface area contributed by atoms with E-state index in [9.17, 15) is 43.8 Å². The molecule has 119 heavy (non-hydrogen) atoms. The predicted molar refractivity (Wildman–Crippen MR) is 457 cm³/mol. The molecule has 30 heteroatoms. The number of unbranched alkanes of at least 4 members (excludes halogenated alkanes) is 2. The third kappa shape index (κ3) is 31.9. The first-order chi connectivity index (χ1) is 57.4. The normalized spacial score (nSPS) is 17.9. The van der Waals surface area contributed by atoms with Crippen LogP contribution >= 0.6 is 35.3 Å². The number of amides is 9. The quantitative estimate of drug-likeness (QED) is 0.00967. The number of nitrogens with two attached hydrogens (primary N) is 1. The molecular weight excluding hydrogens is 1580 g/mol. The van der Waals surface area contributed by atoms with Gasteiger partial charge in [-0.25, -0.2) is 14.4 Å². The van der Waals surface area contributed by atoms with Gasteiger partial charge in [0.05, 0.1) is 25.2 Å². The van der Waals surface area contributed by atoms with Crippen molar-refractivity contribution < 1.29 is 81.9 Å². The van der Waals surface area contributed by atoms with Crippen LogP contribution in [0.1, 0.15) is 134 Å². The van der Waals surface area contributed by atoms with Gasteiger partial charge in [0.2, 0.25) is 41.4 Å². The van der Waals surface area contributed by atoms with Crippen molar-refractivity contribution in [3.63, 3.8) is 0 Å². The average molecular weight is 1690 g/mol. The maximum Gasteiger partial charge on any atom is 0.407 e. The number of benzene rings is 6. The van der Waals surface area contributed by atoms with Gasteiger partial charge < -0.3 is 82.7 Å². The molecule has 0 radical (unpaired) electrons. The van der Waals surface area contributed by atoms with Gasteiger partial charge in [-0.1, -0.05) is 180 Å². The van der Waals surface area contributed by atoms with E-state index in [0.717, 1.165) is 76.6 Å². The molecule has 0 aliphatic heterocycles. The van der Waals surface area contributed by atoms with Crippen LogP contribution in [0.25, 0.3) is 0 Å². The molecule has 6 aromatic carbocycles. The van der Waals surface area contributed by atoms with Gasteiger partial charge in [-0.15, -0.1) is 0 Å². The summed E-state index contributed by atoms with van der Waals surface area (Å²) in [6, 6.07) is 38.0. The third-order valence-corrected chi connectivity index (χ3v) is 24.5. The highest BCUT2D eigenvalue weighted by molar-refractivity contribution is 7.99. The molecule has 0 aromatic heterocycles. The number of thioether (sulfide) groups is 3. The number of carbonyl (C=O) groups excluding carboxylic acids is 11. The maximum atomic E-state index is 15.4. The van der Waals surface area contributed by atoms with E-state index in [4.69, 9.17) is 24.7 Å². The highest BCUT2D eigenvalue weighted by atomic mass is 32.2. The third-order valence-electron chi connectivity index (χ3n) is 21.2. The maximum absolute atomic E-state index is 15.4. The molecule has 4 aliphatic carbocycles. The number of aliphatic hydroxyl groups excluding tert-OH is 2. The molecule has 0 spiro atoms. The average Bonchev–Trinajstić information content (AvgIpc) is 0.761. The zero-order chi connectivity index (χ0) is 85.0. The van der Waals surface area contributed by atoms with Crippen LogP contribution < -0.4 is 53.6 Å². The zero-order valence-electron chi connectivity index (χ0n) is 68.0. The van der Waals surface area contributed by atoms with E-state index in [-0.39, 0.29) is 93.8 Å². The summed E-state index contributed by atoms with van der Waals surface area (Å²) in [6.45, 7) is 6.27. The summed E-state index contributed by atoms with van der Waals surface area (Å²) in [5.74, 6) is -5.82. The van der Waals surface area contributed by atoms with Crippen LogP contribution in [-0.2, 0) is 99.2 Å². The summed E-state index contributed by atoms with van der Waals surface area (Å²) in [5, 5.41) is 46.1. The van der Waals surface area contributed by atoms with Crippen molar-refractivity contribution >= 4 is 101 Å². The van der Waals surface area contributed by atoms with Crippen molar-refractivity contribution in [2.24, 2.45) is 29.4 Å². The van der Waals surface area contributed by atoms with Crippen molar-refractivity contribution in [1.29, 1.82) is 0 Å². The Labute approximate surface area is 709 Å². The number of hydrogen-bond acceptors (Lipinski definition) is 21. The van der Waals surface area contributed by atoms with Crippen LogP contribution in [0, 0.1) is 44.4 Å². The van der Waals surface area contributed by atoms with Crippen molar-refractivity contribution in [2.45, 2.75) is 202 Å². The molecule has 13 N–H and O–H groups in total. The Bertz CT molecular complexity index is 4230. The highest BCUT2D eigenvalue weighted by Gasteiger charge is 2.50. The summed E-state index contributed by atoms with van der Waals surface area (Å²) in [5.41, 5.74) is 14.5. The van der Waals surface area contributed by atoms with Gasteiger partial charge in [0.1, 0.15) is 68.2 Å². The number of nitrogens with one attached hydrogen (secondary N) is 9. The molecule has 0 unspecified atom stereocenters. The fourth-order valence-corrected chi connectivity index (χ4v) is 17.8. The van der Waals surface area contributed by atoms with Crippen LogP contribution in [0.5, 0.6) is 0 Å². The van der Waals surface area contributed by atoms with Crippen molar-refractivity contribution in [2.75, 3.05) is 37.0 Å². The lowest BCUT2D eigenvalue weighted by atomic mass is 9.55. The largest absolute Gasteiger partial charge is 0.462 e. The zero-order valence-corrected chi connectivity index (χ0v) is 70.4. The van der Waals surface area contributed by atoms with E-state index in [2.05, 4.69) is 47.9 Å². The first-order valence-electron chi connectivity index (χ1n) is 40.8. The van der Waals surface area contributed by atoms with E-state index in [0.29, 0.717) is 47.5 Å². The summed E-state index contributed by atoms with van der Waals surface area (Å²) >= 11 is 3.84. The van der Waals surface area contributed by atoms with Crippen LogP contribution in [0.2, 0.25) is 0 Å². The number of carbonyl (C=O) groups is 11. The van der Waals surface area contributed by atoms with Crippen LogP contribution in [-0.4, -0.2) is 173 Å². The number of hydrogen-bond donors (Lipinski definition) is 12. The minimum atomic E-state index is -1.84. The summed E-state index contributed by atoms with van der Waals surface area (Å²) in [4.78, 5) is 157. The van der Waals surface area contributed by atoms with Crippen LogP contribution in [0.3, 0.4) is 0 Å². The summed E-state index contributed by atoms with van der Waals surface area (Å²) < 4.78 is 22.7. The second-order valence-electron chi connectivity index (χ2n) is 31.0. The number of aryl methyl sites for hydroxylation is 3. The minimum Gasteiger partial charge on any atom is -0.462 e. The molecule has 4 saturated carbocycles. The molecule has 640 valence electrons. The van der Waals surface area contributed by atoms with Gasteiger partial charge >= 0.3 is 24.1 Å². The molecule has 0 heterocycles. The van der Waals surface area contributed by atoms with Crippen molar-refractivity contribution in [3.8, 4) is 0 Å². The van der Waals surface area contributed by atoms with Gasteiger partial charge in [0, 0.05) is 47.6 Å². The van der Waals surface area contributed by atoms with Crippen LogP contribution in [0.4, 0.5) is 9.59 Å². The van der Waals surface area contributed by atoms with Gasteiger partial charge in [0.25, 0.3) is 0 Å². The molecule has 10 rings (SSSR count). The molecule has 4 aliphatic rings. The predicted octanol–water partition coefficient (Wildman–Crippen LogP) is 8.50. The van der Waals surface area contributed by atoms with E-state index in [1.807, 2.05) is 148 Å². The van der Waals surface area contributed by atoms with E-state index < -0.39 is 133 Å². The SMILES string of the molecule is Cc1ccc(CSC[C@H](NC(=O)[C@H](CC(=O)OC2C3CC4CC(C3)CC2C4)NC(=O)[C@@H](N)CCCCNC(=O)OCc2ccccc2)C(=O)N[C@@H](CCCCNC(=O)OCc2ccccc2)C(=O)N[C@@H](CSCc2ccc(C)cc2)C(=O)N[C@H](C(=O)N[C@@H](CO)C(=O)N[C@@H](CSCc2ccc(C)cc2)C(=O)OCc2ccccc2)[C@@H](C)O)cc1. The number of ether oxygens (including phenoxy) is 4. The topological polar surface area (TPSA) is 399 Å². The lowest BCUT2D eigenvalue weighted by Gasteiger charge is -2.53. The number of aliphatic hydroxyl groups is 2. The Kier molecular flexibility index (Phi) is 38.2. The van der Waals surface area contributed by atoms with Gasteiger partial charge in [0.15, 0.2) is 0 Å². The fraction of sp³-hybridized carbons (Fsp3) is 0.472. The molecule has 0 saturated heterocycles. The number of esters is 2. The van der Waals surface area contributed by atoms with E-state index in [1.54, 1.807) is 36.4 Å². The summed E-state index contributed by atoms with van der Waals surface area (Å²) in [7, 11) is 0. The fourth-order valence-electron chi connectivity index (χ4n) is 14.7. The molecule has 4 fully saturated rings. The number of alkyl carbamates (subject to hydrolysis) is 2. The Balaban J connectivity index is 0.935. The minimum absolute atomic E-state index is 0.00246. The first-order valence-corrected chi connectivity index (χ1v) is 44.2. The van der Waals surface area contributed by atoms with Gasteiger partial charge in [-0.3, -0.25) is 38.4 Å². The van der Waals surface area contributed by atoms with Crippen molar-refractivity contribution in [3.05, 3.63) is 214 Å². The molecule has 6 aromatic rings. The molecule has 27 nitrogen and oxygen atoms in total. The lowest BCUT2D eigenvalue weighted by Crippen LogP contribution is -2.62. The Hall–Kier alpha value is -9.98. The Morgan fingerprint density at radius 2 is 0.782 bits per heavy atom. The molecule has 9 amide bonds. The lowest BCUT2D eigenvalue weighted by molar-refractivity contribution is -0.171. The van der Waals surface area contributed by atoms with E-state index in [1.165, 1.54) is 42.2 Å². The van der Waals surface area contributed by atoms with E-state index >= 15 is 19.2 Å². The van der Waals surface area contributed by atoms with Gasteiger partial charge in [-0.2, -0.15) is 35.3 Å². The highest BCUT2D eigenvalue weighted by Crippen LogP contribution is 2.54. The van der Waals surface area contributed by atoms with Gasteiger partial charge in [-0.05, 0) is 155 Å². The van der Waals surface area contributed by atoms with Crippen LogP contribution in [0.15, 0.2) is 164 Å². The monoisotopic (exact) mass is 1690 g/mol. The first kappa shape index (κ1) is 92.9. The number of rotatable bonds is 48. The Morgan fingerprint density at radius 1 is 0.412 bits per heavy atom. The van der Waals surface area contributed by atoms with Crippen molar-refractivity contribution in [1.82, 2.24) is 47.9 Å².